The third kappa shape index (κ3) is 1.85. The molecule has 2 bridgehead atoms. The van der Waals surface area contributed by atoms with Crippen molar-refractivity contribution in [1.82, 2.24) is 0 Å². The zero-order valence-corrected chi connectivity index (χ0v) is 15.1. The van der Waals surface area contributed by atoms with Crippen molar-refractivity contribution in [1.29, 1.82) is 0 Å². The largest absolute Gasteiger partial charge is 0.497 e. The molecular weight excluding hydrogens is 287 g/mol. The summed E-state index contributed by atoms with van der Waals surface area (Å²) >= 11 is 0. The lowest BCUT2D eigenvalue weighted by Crippen LogP contribution is -2.68. The molecule has 3 saturated carbocycles. The van der Waals surface area contributed by atoms with Crippen LogP contribution in [0.2, 0.25) is 5.31 Å². The van der Waals surface area contributed by atoms with Crippen molar-refractivity contribution in [2.45, 2.75) is 69.9 Å². The van der Waals surface area contributed by atoms with Crippen LogP contribution < -0.4 is 4.74 Å². The van der Waals surface area contributed by atoms with Crippen molar-refractivity contribution in [3.63, 3.8) is 0 Å². The van der Waals surface area contributed by atoms with Gasteiger partial charge in [-0.15, -0.1) is 0 Å². The molecule has 3 nitrogen and oxygen atoms in total. The Hall–Kier alpha value is -0.995. The van der Waals surface area contributed by atoms with Gasteiger partial charge in [0.1, 0.15) is 5.75 Å². The second-order valence-electron chi connectivity index (χ2n) is 9.04. The standard InChI is InChI=1S/C19H27BO3/c1-16(2)17(3,4)23-20(22-16)19-11-18(5,12-19)15(19)13-7-9-14(21-6)10-8-13/h7-10,15H,11-12H2,1-6H3/t15-,18?,19?/m0/s1. The van der Waals surface area contributed by atoms with Gasteiger partial charge in [0.2, 0.25) is 0 Å². The smallest absolute Gasteiger partial charge is 0.465 e. The van der Waals surface area contributed by atoms with Crippen molar-refractivity contribution < 1.29 is 14.0 Å². The number of ether oxygens (including phenoxy) is 1. The monoisotopic (exact) mass is 314 g/mol. The van der Waals surface area contributed by atoms with E-state index in [0.29, 0.717) is 11.3 Å². The highest BCUT2D eigenvalue weighted by Gasteiger charge is 2.80. The van der Waals surface area contributed by atoms with Crippen LogP contribution in [0.15, 0.2) is 24.3 Å². The van der Waals surface area contributed by atoms with Gasteiger partial charge in [-0.1, -0.05) is 19.1 Å². The van der Waals surface area contributed by atoms with Gasteiger partial charge in [0.25, 0.3) is 0 Å². The van der Waals surface area contributed by atoms with E-state index in [9.17, 15) is 0 Å². The molecule has 0 N–H and O–H groups in total. The average Bonchev–Trinajstić information content (AvgIpc) is 2.64. The van der Waals surface area contributed by atoms with E-state index in [2.05, 4.69) is 58.9 Å². The van der Waals surface area contributed by atoms with Crippen LogP contribution in [-0.2, 0) is 9.31 Å². The molecule has 1 heterocycles. The van der Waals surface area contributed by atoms with E-state index < -0.39 is 0 Å². The highest BCUT2D eigenvalue weighted by Crippen LogP contribution is 2.87. The summed E-state index contributed by atoms with van der Waals surface area (Å²) < 4.78 is 18.1. The summed E-state index contributed by atoms with van der Waals surface area (Å²) in [6.07, 6.45) is 2.40. The molecule has 1 atom stereocenters. The number of hydrogen-bond acceptors (Lipinski definition) is 3. The molecular formula is C19H27BO3. The summed E-state index contributed by atoms with van der Waals surface area (Å²) in [5.74, 6) is 1.44. The summed E-state index contributed by atoms with van der Waals surface area (Å²) in [7, 11) is 1.62. The molecule has 0 amide bonds. The molecule has 0 unspecified atom stereocenters. The molecule has 23 heavy (non-hydrogen) atoms. The Morgan fingerprint density at radius 2 is 1.48 bits per heavy atom. The number of hydrogen-bond donors (Lipinski definition) is 0. The summed E-state index contributed by atoms with van der Waals surface area (Å²) in [5.41, 5.74) is 1.29. The Morgan fingerprint density at radius 1 is 0.957 bits per heavy atom. The van der Waals surface area contributed by atoms with Crippen LogP contribution in [0.1, 0.15) is 58.9 Å². The minimum absolute atomic E-state index is 0.0959. The van der Waals surface area contributed by atoms with E-state index in [0.717, 1.165) is 5.75 Å². The molecule has 0 aromatic heterocycles. The first-order valence-electron chi connectivity index (χ1n) is 8.63. The van der Waals surface area contributed by atoms with Gasteiger partial charge in [0.15, 0.2) is 0 Å². The number of benzene rings is 1. The maximum atomic E-state index is 6.40. The van der Waals surface area contributed by atoms with Crippen LogP contribution in [0.4, 0.5) is 0 Å². The predicted octanol–water partition coefficient (Wildman–Crippen LogP) is 4.43. The molecule has 0 radical (unpaired) electrons. The van der Waals surface area contributed by atoms with E-state index in [1.54, 1.807) is 7.11 Å². The maximum absolute atomic E-state index is 6.40. The first kappa shape index (κ1) is 15.5. The predicted molar refractivity (Wildman–Crippen MR) is 91.9 cm³/mol. The van der Waals surface area contributed by atoms with E-state index >= 15 is 0 Å². The topological polar surface area (TPSA) is 27.7 Å². The Morgan fingerprint density at radius 3 is 1.91 bits per heavy atom. The van der Waals surface area contributed by atoms with Crippen LogP contribution in [0, 0.1) is 5.41 Å². The molecule has 1 aliphatic heterocycles. The minimum atomic E-state index is -0.252. The van der Waals surface area contributed by atoms with Gasteiger partial charge in [0.05, 0.1) is 18.3 Å². The van der Waals surface area contributed by atoms with Gasteiger partial charge < -0.3 is 14.0 Å². The molecule has 4 fully saturated rings. The summed E-state index contributed by atoms with van der Waals surface area (Å²) in [5, 5.41) is 0.147. The van der Waals surface area contributed by atoms with E-state index in [4.69, 9.17) is 14.0 Å². The zero-order valence-electron chi connectivity index (χ0n) is 15.1. The highest BCUT2D eigenvalue weighted by atomic mass is 16.7. The lowest BCUT2D eigenvalue weighted by Gasteiger charge is -2.76. The van der Waals surface area contributed by atoms with Gasteiger partial charge in [0, 0.05) is 5.31 Å². The Labute approximate surface area is 139 Å². The molecule has 1 aromatic carbocycles. The third-order valence-corrected chi connectivity index (χ3v) is 6.91. The molecule has 4 heteroatoms. The van der Waals surface area contributed by atoms with Gasteiger partial charge in [-0.25, -0.2) is 0 Å². The lowest BCUT2D eigenvalue weighted by molar-refractivity contribution is -0.128. The lowest BCUT2D eigenvalue weighted by atomic mass is 9.19. The second kappa shape index (κ2) is 4.34. The van der Waals surface area contributed by atoms with Crippen LogP contribution in [0.5, 0.6) is 5.75 Å². The molecule has 5 rings (SSSR count). The van der Waals surface area contributed by atoms with Gasteiger partial charge in [-0.2, -0.15) is 0 Å². The van der Waals surface area contributed by atoms with Crippen LogP contribution in [0.3, 0.4) is 0 Å². The average molecular weight is 314 g/mol. The molecule has 0 spiro atoms. The van der Waals surface area contributed by atoms with Gasteiger partial charge >= 0.3 is 7.12 Å². The van der Waals surface area contributed by atoms with Crippen LogP contribution in [0.25, 0.3) is 0 Å². The second-order valence-corrected chi connectivity index (χ2v) is 9.04. The molecule has 1 aromatic rings. The fraction of sp³-hybridized carbons (Fsp3) is 0.684. The highest BCUT2D eigenvalue weighted by molar-refractivity contribution is 6.51. The van der Waals surface area contributed by atoms with Gasteiger partial charge in [-0.3, -0.25) is 0 Å². The molecule has 124 valence electrons. The van der Waals surface area contributed by atoms with E-state index in [1.165, 1.54) is 18.4 Å². The summed E-state index contributed by atoms with van der Waals surface area (Å²) in [6, 6.07) is 8.54. The SMILES string of the molecule is COc1ccc([C@H]2C3(C)CC2(B2OC(C)(C)C(C)(C)O2)C3)cc1. The van der Waals surface area contributed by atoms with Crippen molar-refractivity contribution >= 4 is 7.12 Å². The number of rotatable bonds is 3. The quantitative estimate of drug-likeness (QED) is 0.773. The molecule has 1 saturated heterocycles. The van der Waals surface area contributed by atoms with Gasteiger partial charge in [-0.05, 0) is 69.6 Å². The summed E-state index contributed by atoms with van der Waals surface area (Å²) in [4.78, 5) is 0. The fourth-order valence-corrected chi connectivity index (χ4v) is 5.20. The van der Waals surface area contributed by atoms with Crippen molar-refractivity contribution in [3.05, 3.63) is 29.8 Å². The minimum Gasteiger partial charge on any atom is -0.497 e. The first-order valence-corrected chi connectivity index (χ1v) is 8.63. The van der Waals surface area contributed by atoms with Crippen molar-refractivity contribution in [2.24, 2.45) is 5.41 Å². The Bertz CT molecular complexity index is 613. The Balaban J connectivity index is 1.62. The third-order valence-electron chi connectivity index (χ3n) is 6.91. The molecule has 4 aliphatic rings. The fourth-order valence-electron chi connectivity index (χ4n) is 5.20. The summed E-state index contributed by atoms with van der Waals surface area (Å²) in [6.45, 7) is 11.0. The zero-order chi connectivity index (χ0) is 16.7. The Kier molecular flexibility index (Phi) is 2.93. The van der Waals surface area contributed by atoms with E-state index in [-0.39, 0.29) is 23.6 Å². The van der Waals surface area contributed by atoms with Crippen LogP contribution in [-0.4, -0.2) is 25.4 Å². The number of methoxy groups -OCH3 is 1. The first-order chi connectivity index (χ1) is 10.6. The normalized spacial score (nSPS) is 39.6. The molecule has 3 aliphatic carbocycles. The van der Waals surface area contributed by atoms with Crippen molar-refractivity contribution in [2.75, 3.05) is 7.11 Å². The van der Waals surface area contributed by atoms with Crippen LogP contribution >= 0.6 is 0 Å². The van der Waals surface area contributed by atoms with E-state index in [1.807, 2.05) is 0 Å². The maximum Gasteiger partial charge on any atom is 0.465 e. The van der Waals surface area contributed by atoms with Crippen molar-refractivity contribution in [3.8, 4) is 5.75 Å².